The van der Waals surface area contributed by atoms with Crippen LogP contribution in [0.2, 0.25) is 0 Å². The summed E-state index contributed by atoms with van der Waals surface area (Å²) in [5.74, 6) is -0.870. The predicted molar refractivity (Wildman–Crippen MR) is 108 cm³/mol. The molecule has 1 aromatic heterocycles. The number of ether oxygens (including phenoxy) is 1. The molecule has 0 aliphatic rings. The van der Waals surface area contributed by atoms with E-state index in [9.17, 15) is 9.59 Å². The van der Waals surface area contributed by atoms with Gasteiger partial charge >= 0.3 is 5.97 Å². The lowest BCUT2D eigenvalue weighted by Crippen LogP contribution is -2.16. The van der Waals surface area contributed by atoms with E-state index in [4.69, 9.17) is 4.74 Å². The number of carbonyl (C=O) groups is 2. The van der Waals surface area contributed by atoms with E-state index in [1.165, 1.54) is 18.9 Å². The lowest BCUT2D eigenvalue weighted by molar-refractivity contribution is 0.0602. The van der Waals surface area contributed by atoms with Gasteiger partial charge in [0.2, 0.25) is 0 Å². The van der Waals surface area contributed by atoms with Gasteiger partial charge in [0, 0.05) is 18.9 Å². The first-order valence-corrected chi connectivity index (χ1v) is 8.80. The normalized spacial score (nSPS) is 10.2. The summed E-state index contributed by atoms with van der Waals surface area (Å²) in [6.45, 7) is 2.67. The van der Waals surface area contributed by atoms with Crippen LogP contribution in [0.1, 0.15) is 31.8 Å². The van der Waals surface area contributed by atoms with Crippen molar-refractivity contribution in [3.8, 4) is 0 Å². The Balaban J connectivity index is 1.72. The number of pyridine rings is 1. The molecule has 0 spiro atoms. The van der Waals surface area contributed by atoms with Crippen LogP contribution < -0.4 is 10.6 Å². The molecule has 0 aliphatic carbocycles. The monoisotopic (exact) mass is 375 g/mol. The molecule has 6 heteroatoms. The van der Waals surface area contributed by atoms with Gasteiger partial charge in [0.05, 0.1) is 29.6 Å². The fourth-order valence-electron chi connectivity index (χ4n) is 2.76. The van der Waals surface area contributed by atoms with Gasteiger partial charge in [-0.3, -0.25) is 9.78 Å². The number of carbonyl (C=O) groups excluding carboxylic acids is 2. The van der Waals surface area contributed by atoms with Crippen molar-refractivity contribution < 1.29 is 14.3 Å². The molecule has 0 aliphatic heterocycles. The number of rotatable bonds is 6. The molecular weight excluding hydrogens is 354 g/mol. The number of benzene rings is 2. The number of hydrogen-bond donors (Lipinski definition) is 2. The van der Waals surface area contributed by atoms with Crippen LogP contribution in [0.3, 0.4) is 0 Å². The van der Waals surface area contributed by atoms with E-state index >= 15 is 0 Å². The minimum Gasteiger partial charge on any atom is -0.465 e. The van der Waals surface area contributed by atoms with Gasteiger partial charge in [-0.05, 0) is 30.7 Å². The summed E-state index contributed by atoms with van der Waals surface area (Å²) < 4.78 is 4.75. The van der Waals surface area contributed by atoms with E-state index in [2.05, 4.69) is 21.7 Å². The fraction of sp³-hybridized carbons (Fsp3) is 0.136. The molecule has 6 nitrogen and oxygen atoms in total. The van der Waals surface area contributed by atoms with E-state index in [-0.39, 0.29) is 5.91 Å². The van der Waals surface area contributed by atoms with Gasteiger partial charge in [-0.2, -0.15) is 0 Å². The number of hydrogen-bond acceptors (Lipinski definition) is 5. The third kappa shape index (κ3) is 4.73. The predicted octanol–water partition coefficient (Wildman–Crippen LogP) is 4.04. The highest BCUT2D eigenvalue weighted by Gasteiger charge is 2.14. The van der Waals surface area contributed by atoms with E-state index in [0.717, 1.165) is 11.3 Å². The molecule has 1 heterocycles. The Hall–Kier alpha value is -3.67. The molecule has 3 aromatic rings. The molecule has 28 heavy (non-hydrogen) atoms. The van der Waals surface area contributed by atoms with Crippen LogP contribution in [0.15, 0.2) is 67.0 Å². The number of aryl methyl sites for hydroxylation is 1. The van der Waals surface area contributed by atoms with Crippen LogP contribution in [0.5, 0.6) is 0 Å². The maximum atomic E-state index is 12.6. The van der Waals surface area contributed by atoms with Crippen molar-refractivity contribution in [3.05, 3.63) is 89.2 Å². The van der Waals surface area contributed by atoms with Crippen molar-refractivity contribution in [2.75, 3.05) is 17.7 Å². The Kier molecular flexibility index (Phi) is 6.01. The lowest BCUT2D eigenvalue weighted by Gasteiger charge is -2.11. The molecule has 142 valence electrons. The van der Waals surface area contributed by atoms with Gasteiger partial charge in [0.15, 0.2) is 0 Å². The Labute approximate surface area is 163 Å². The Morgan fingerprint density at radius 1 is 1.04 bits per heavy atom. The molecule has 1 amide bonds. The second-order valence-corrected chi connectivity index (χ2v) is 6.30. The number of methoxy groups -OCH3 is 1. The van der Waals surface area contributed by atoms with Crippen molar-refractivity contribution >= 4 is 23.3 Å². The van der Waals surface area contributed by atoms with Gasteiger partial charge in [0.25, 0.3) is 5.91 Å². The zero-order valence-corrected chi connectivity index (χ0v) is 15.7. The van der Waals surface area contributed by atoms with Gasteiger partial charge in [0.1, 0.15) is 0 Å². The summed E-state index contributed by atoms with van der Waals surface area (Å²) in [6, 6.07) is 16.6. The summed E-state index contributed by atoms with van der Waals surface area (Å²) >= 11 is 0. The Morgan fingerprint density at radius 2 is 1.86 bits per heavy atom. The zero-order chi connectivity index (χ0) is 19.9. The molecule has 0 bridgehead atoms. The minimum absolute atomic E-state index is 0.292. The average Bonchev–Trinajstić information content (AvgIpc) is 2.72. The van der Waals surface area contributed by atoms with Crippen LogP contribution in [0.25, 0.3) is 0 Å². The SMILES string of the molecule is COC(=O)c1ccccc1NC(=O)c1cncc(NCc2cccc(C)c2)c1. The van der Waals surface area contributed by atoms with Crippen molar-refractivity contribution in [3.63, 3.8) is 0 Å². The van der Waals surface area contributed by atoms with Crippen molar-refractivity contribution in [1.82, 2.24) is 4.98 Å². The number of esters is 1. The van der Waals surface area contributed by atoms with Crippen molar-refractivity contribution in [1.29, 1.82) is 0 Å². The summed E-state index contributed by atoms with van der Waals surface area (Å²) in [5.41, 5.74) is 4.12. The van der Waals surface area contributed by atoms with Crippen molar-refractivity contribution in [2.24, 2.45) is 0 Å². The molecule has 0 fully saturated rings. The first-order valence-electron chi connectivity index (χ1n) is 8.80. The van der Waals surface area contributed by atoms with E-state index in [1.807, 2.05) is 25.1 Å². The summed E-state index contributed by atoms with van der Waals surface area (Å²) in [6.07, 6.45) is 3.14. The van der Waals surface area contributed by atoms with E-state index in [0.29, 0.717) is 23.4 Å². The number of anilines is 2. The van der Waals surface area contributed by atoms with Crippen LogP contribution in [0.4, 0.5) is 11.4 Å². The third-order valence-corrected chi connectivity index (χ3v) is 4.16. The van der Waals surface area contributed by atoms with Crippen LogP contribution in [-0.2, 0) is 11.3 Å². The number of aromatic nitrogens is 1. The largest absolute Gasteiger partial charge is 0.465 e. The molecule has 3 rings (SSSR count). The van der Waals surface area contributed by atoms with Gasteiger partial charge < -0.3 is 15.4 Å². The summed E-state index contributed by atoms with van der Waals surface area (Å²) in [7, 11) is 1.30. The van der Waals surface area contributed by atoms with E-state index < -0.39 is 5.97 Å². The highest BCUT2D eigenvalue weighted by atomic mass is 16.5. The quantitative estimate of drug-likeness (QED) is 0.636. The first kappa shape index (κ1) is 19.1. The summed E-state index contributed by atoms with van der Waals surface area (Å²) in [4.78, 5) is 28.6. The lowest BCUT2D eigenvalue weighted by atomic mass is 10.1. The molecule has 0 atom stereocenters. The average molecular weight is 375 g/mol. The second kappa shape index (κ2) is 8.81. The van der Waals surface area contributed by atoms with Crippen molar-refractivity contribution in [2.45, 2.75) is 13.5 Å². The smallest absolute Gasteiger partial charge is 0.339 e. The standard InChI is InChI=1S/C22H21N3O3/c1-15-6-5-7-16(10-15)12-24-18-11-17(13-23-14-18)21(26)25-20-9-4-3-8-19(20)22(27)28-2/h3-11,13-14,24H,12H2,1-2H3,(H,25,26). The first-order chi connectivity index (χ1) is 13.6. The molecule has 0 saturated carbocycles. The maximum Gasteiger partial charge on any atom is 0.339 e. The topological polar surface area (TPSA) is 80.3 Å². The second-order valence-electron chi connectivity index (χ2n) is 6.30. The molecule has 2 aromatic carbocycles. The molecule has 0 radical (unpaired) electrons. The fourth-order valence-corrected chi connectivity index (χ4v) is 2.76. The highest BCUT2D eigenvalue weighted by molar-refractivity contribution is 6.08. The van der Waals surface area contributed by atoms with Crippen LogP contribution >= 0.6 is 0 Å². The number of para-hydroxylation sites is 1. The summed E-state index contributed by atoms with van der Waals surface area (Å²) in [5, 5.41) is 6.01. The van der Waals surface area contributed by atoms with Gasteiger partial charge in [-0.25, -0.2) is 4.79 Å². The van der Waals surface area contributed by atoms with Gasteiger partial charge in [-0.15, -0.1) is 0 Å². The maximum absolute atomic E-state index is 12.6. The minimum atomic E-state index is -0.511. The Morgan fingerprint density at radius 3 is 2.64 bits per heavy atom. The van der Waals surface area contributed by atoms with E-state index in [1.54, 1.807) is 36.5 Å². The molecular formula is C22H21N3O3. The number of amides is 1. The highest BCUT2D eigenvalue weighted by Crippen LogP contribution is 2.18. The molecule has 2 N–H and O–H groups in total. The Bertz CT molecular complexity index is 1000. The molecule has 0 unspecified atom stereocenters. The van der Waals surface area contributed by atoms with Gasteiger partial charge in [-0.1, -0.05) is 42.0 Å². The number of nitrogens with one attached hydrogen (secondary N) is 2. The molecule has 0 saturated heterocycles. The van der Waals surface area contributed by atoms with Crippen LogP contribution in [-0.4, -0.2) is 24.0 Å². The number of nitrogens with zero attached hydrogens (tertiary/aromatic N) is 1. The zero-order valence-electron chi connectivity index (χ0n) is 15.7. The van der Waals surface area contributed by atoms with Crippen LogP contribution in [0, 0.1) is 6.92 Å². The third-order valence-electron chi connectivity index (χ3n) is 4.16.